The molecule has 0 unspecified atom stereocenters. The second kappa shape index (κ2) is 7.93. The van der Waals surface area contributed by atoms with E-state index in [1.807, 2.05) is 12.1 Å². The van der Waals surface area contributed by atoms with E-state index in [1.54, 1.807) is 6.07 Å². The van der Waals surface area contributed by atoms with Crippen molar-refractivity contribution in [3.05, 3.63) is 33.8 Å². The van der Waals surface area contributed by atoms with E-state index in [0.29, 0.717) is 16.0 Å². The van der Waals surface area contributed by atoms with Gasteiger partial charge in [-0.2, -0.15) is 0 Å². The van der Waals surface area contributed by atoms with Gasteiger partial charge in [-0.3, -0.25) is 0 Å². The van der Waals surface area contributed by atoms with Crippen LogP contribution >= 0.6 is 23.2 Å². The van der Waals surface area contributed by atoms with Gasteiger partial charge >= 0.3 is 0 Å². The first-order chi connectivity index (χ1) is 8.11. The summed E-state index contributed by atoms with van der Waals surface area (Å²) in [6, 6.07) is 5.71. The molecule has 0 aliphatic heterocycles. The molecule has 0 atom stereocenters. The van der Waals surface area contributed by atoms with Gasteiger partial charge in [0.1, 0.15) is 0 Å². The van der Waals surface area contributed by atoms with E-state index in [4.69, 9.17) is 23.2 Å². The lowest BCUT2D eigenvalue weighted by Gasteiger charge is -2.09. The molecule has 4 heteroatoms. The third-order valence-corrected chi connectivity index (χ3v) is 3.24. The van der Waals surface area contributed by atoms with E-state index in [-0.39, 0.29) is 0 Å². The molecule has 0 heterocycles. The molecule has 0 bridgehead atoms. The number of nitrogens with one attached hydrogen (secondary N) is 2. The lowest BCUT2D eigenvalue weighted by Crippen LogP contribution is -2.29. The van der Waals surface area contributed by atoms with E-state index in [9.17, 15) is 0 Å². The van der Waals surface area contributed by atoms with Crippen LogP contribution in [0.25, 0.3) is 0 Å². The van der Waals surface area contributed by atoms with Gasteiger partial charge in [-0.05, 0) is 24.1 Å². The summed E-state index contributed by atoms with van der Waals surface area (Å²) < 4.78 is 0. The standard InChI is InChI=1S/C13H20Cl2N2/c1-10(2)8-16-6-7-17-9-11-4-3-5-12(14)13(11)15/h3-5,10,16-17H,6-9H2,1-2H3. The van der Waals surface area contributed by atoms with E-state index >= 15 is 0 Å². The van der Waals surface area contributed by atoms with Crippen molar-refractivity contribution in [3.63, 3.8) is 0 Å². The molecular formula is C13H20Cl2N2. The fraction of sp³-hybridized carbons (Fsp3) is 0.538. The molecule has 96 valence electrons. The van der Waals surface area contributed by atoms with Crippen molar-refractivity contribution in [1.29, 1.82) is 0 Å². The lowest BCUT2D eigenvalue weighted by molar-refractivity contribution is 0.535. The first-order valence-corrected chi connectivity index (χ1v) is 6.71. The maximum Gasteiger partial charge on any atom is 0.0637 e. The zero-order chi connectivity index (χ0) is 12.7. The summed E-state index contributed by atoms with van der Waals surface area (Å²) in [5, 5.41) is 7.98. The molecule has 0 saturated heterocycles. The van der Waals surface area contributed by atoms with Crippen molar-refractivity contribution >= 4 is 23.2 Å². The van der Waals surface area contributed by atoms with Crippen LogP contribution in [0.1, 0.15) is 19.4 Å². The van der Waals surface area contributed by atoms with Crippen LogP contribution in [0.2, 0.25) is 10.0 Å². The predicted octanol–water partition coefficient (Wildman–Crippen LogP) is 3.33. The SMILES string of the molecule is CC(C)CNCCNCc1cccc(Cl)c1Cl. The highest BCUT2D eigenvalue weighted by atomic mass is 35.5. The van der Waals surface area contributed by atoms with E-state index in [2.05, 4.69) is 24.5 Å². The molecule has 0 amide bonds. The van der Waals surface area contributed by atoms with Crippen molar-refractivity contribution in [1.82, 2.24) is 10.6 Å². The summed E-state index contributed by atoms with van der Waals surface area (Å²) in [5.41, 5.74) is 1.04. The highest BCUT2D eigenvalue weighted by Crippen LogP contribution is 2.25. The molecule has 0 saturated carbocycles. The molecular weight excluding hydrogens is 255 g/mol. The first-order valence-electron chi connectivity index (χ1n) is 5.95. The quantitative estimate of drug-likeness (QED) is 0.746. The monoisotopic (exact) mass is 274 g/mol. The van der Waals surface area contributed by atoms with Crippen LogP contribution in [0, 0.1) is 5.92 Å². The summed E-state index contributed by atoms with van der Waals surface area (Å²) in [6.07, 6.45) is 0. The second-order valence-corrected chi connectivity index (χ2v) is 5.27. The van der Waals surface area contributed by atoms with Gasteiger partial charge < -0.3 is 10.6 Å². The fourth-order valence-corrected chi connectivity index (χ4v) is 1.86. The topological polar surface area (TPSA) is 24.1 Å². The van der Waals surface area contributed by atoms with Crippen LogP contribution in [-0.4, -0.2) is 19.6 Å². The molecule has 0 radical (unpaired) electrons. The molecule has 1 rings (SSSR count). The van der Waals surface area contributed by atoms with Crippen molar-refractivity contribution in [3.8, 4) is 0 Å². The average Bonchev–Trinajstić information content (AvgIpc) is 2.28. The zero-order valence-corrected chi connectivity index (χ0v) is 11.9. The summed E-state index contributed by atoms with van der Waals surface area (Å²) in [4.78, 5) is 0. The van der Waals surface area contributed by atoms with Crippen LogP contribution < -0.4 is 10.6 Å². The minimum atomic E-state index is 0.615. The van der Waals surface area contributed by atoms with Gasteiger partial charge in [0.05, 0.1) is 10.0 Å². The smallest absolute Gasteiger partial charge is 0.0637 e. The minimum absolute atomic E-state index is 0.615. The van der Waals surface area contributed by atoms with Crippen molar-refractivity contribution in [2.24, 2.45) is 5.92 Å². The molecule has 0 fully saturated rings. The maximum absolute atomic E-state index is 6.09. The average molecular weight is 275 g/mol. The molecule has 0 aliphatic carbocycles. The summed E-state index contributed by atoms with van der Waals surface area (Å²) in [5.74, 6) is 0.692. The van der Waals surface area contributed by atoms with Gasteiger partial charge in [-0.1, -0.05) is 49.2 Å². The molecule has 2 N–H and O–H groups in total. The van der Waals surface area contributed by atoms with Crippen LogP contribution in [0.15, 0.2) is 18.2 Å². The van der Waals surface area contributed by atoms with E-state index in [1.165, 1.54) is 0 Å². The van der Waals surface area contributed by atoms with Crippen molar-refractivity contribution < 1.29 is 0 Å². The lowest BCUT2D eigenvalue weighted by atomic mass is 10.2. The van der Waals surface area contributed by atoms with Gasteiger partial charge in [-0.15, -0.1) is 0 Å². The molecule has 1 aromatic rings. The molecule has 1 aromatic carbocycles. The Kier molecular flexibility index (Phi) is 6.90. The molecule has 0 spiro atoms. The van der Waals surface area contributed by atoms with Gasteiger partial charge in [0.2, 0.25) is 0 Å². The predicted molar refractivity (Wildman–Crippen MR) is 75.9 cm³/mol. The highest BCUT2D eigenvalue weighted by Gasteiger charge is 2.03. The number of rotatable bonds is 7. The van der Waals surface area contributed by atoms with Gasteiger partial charge in [0, 0.05) is 19.6 Å². The highest BCUT2D eigenvalue weighted by molar-refractivity contribution is 6.42. The molecule has 17 heavy (non-hydrogen) atoms. The van der Waals surface area contributed by atoms with Gasteiger partial charge in [0.15, 0.2) is 0 Å². The Balaban J connectivity index is 2.20. The third kappa shape index (κ3) is 5.73. The van der Waals surface area contributed by atoms with Crippen molar-refractivity contribution in [2.75, 3.05) is 19.6 Å². The van der Waals surface area contributed by atoms with Crippen molar-refractivity contribution in [2.45, 2.75) is 20.4 Å². The Hall–Kier alpha value is -0.280. The Morgan fingerprint density at radius 2 is 1.82 bits per heavy atom. The molecule has 2 nitrogen and oxygen atoms in total. The Morgan fingerprint density at radius 3 is 2.53 bits per heavy atom. The number of halogens is 2. The third-order valence-electron chi connectivity index (χ3n) is 2.38. The normalized spacial score (nSPS) is 11.1. The fourth-order valence-electron chi connectivity index (χ4n) is 1.48. The summed E-state index contributed by atoms with van der Waals surface area (Å²) in [6.45, 7) is 8.10. The number of hydrogen-bond acceptors (Lipinski definition) is 2. The number of benzene rings is 1. The maximum atomic E-state index is 6.09. The first kappa shape index (κ1) is 14.8. The van der Waals surface area contributed by atoms with Crippen LogP contribution in [0.5, 0.6) is 0 Å². The molecule has 0 aliphatic rings. The Morgan fingerprint density at radius 1 is 1.12 bits per heavy atom. The minimum Gasteiger partial charge on any atom is -0.315 e. The van der Waals surface area contributed by atoms with Crippen LogP contribution in [0.3, 0.4) is 0 Å². The van der Waals surface area contributed by atoms with E-state index < -0.39 is 0 Å². The Labute approximate surface area is 114 Å². The second-order valence-electron chi connectivity index (χ2n) is 4.49. The summed E-state index contributed by atoms with van der Waals surface area (Å²) >= 11 is 12.0. The van der Waals surface area contributed by atoms with E-state index in [0.717, 1.165) is 31.7 Å². The largest absolute Gasteiger partial charge is 0.315 e. The summed E-state index contributed by atoms with van der Waals surface area (Å²) in [7, 11) is 0. The van der Waals surface area contributed by atoms with Crippen LogP contribution in [-0.2, 0) is 6.54 Å². The van der Waals surface area contributed by atoms with Gasteiger partial charge in [-0.25, -0.2) is 0 Å². The zero-order valence-electron chi connectivity index (χ0n) is 10.4. The molecule has 0 aromatic heterocycles. The van der Waals surface area contributed by atoms with Gasteiger partial charge in [0.25, 0.3) is 0 Å². The number of hydrogen-bond donors (Lipinski definition) is 2. The Bertz CT molecular complexity index is 340. The van der Waals surface area contributed by atoms with Crippen LogP contribution in [0.4, 0.5) is 0 Å².